The van der Waals surface area contributed by atoms with Crippen LogP contribution in [0.15, 0.2) is 0 Å². The van der Waals surface area contributed by atoms with Crippen molar-refractivity contribution in [3.63, 3.8) is 0 Å². The Labute approximate surface area is 88.4 Å². The van der Waals surface area contributed by atoms with Crippen molar-refractivity contribution in [2.24, 2.45) is 0 Å². The third-order valence-electron chi connectivity index (χ3n) is 1.57. The summed E-state index contributed by atoms with van der Waals surface area (Å²) in [7, 11) is 0. The van der Waals surface area contributed by atoms with Gasteiger partial charge in [0.15, 0.2) is 0 Å². The molecule has 1 rings (SSSR count). The van der Waals surface area contributed by atoms with Crippen LogP contribution >= 0.6 is 45.5 Å². The molecule has 2 nitrogen and oxygen atoms in total. The molecule has 1 saturated heterocycles. The third kappa shape index (κ3) is 2.21. The molecule has 0 spiro atoms. The van der Waals surface area contributed by atoms with E-state index in [1.165, 1.54) is 6.42 Å². The first-order valence-corrected chi connectivity index (χ1v) is 5.54. The van der Waals surface area contributed by atoms with E-state index in [1.807, 2.05) is 3.11 Å². The standard InChI is InChI=1S/C6H9I2NO/c7-5-3-1-2-4-9(8)6(5)10/h5H,1-4H2. The van der Waals surface area contributed by atoms with Crippen molar-refractivity contribution in [3.05, 3.63) is 0 Å². The monoisotopic (exact) mass is 365 g/mol. The summed E-state index contributed by atoms with van der Waals surface area (Å²) in [5.74, 6) is 0.290. The van der Waals surface area contributed by atoms with Crippen molar-refractivity contribution < 1.29 is 4.79 Å². The summed E-state index contributed by atoms with van der Waals surface area (Å²) in [6.45, 7) is 0.929. The number of carbonyl (C=O) groups is 1. The van der Waals surface area contributed by atoms with Crippen LogP contribution in [-0.2, 0) is 4.79 Å². The molecular weight excluding hydrogens is 356 g/mol. The quantitative estimate of drug-likeness (QED) is 0.366. The van der Waals surface area contributed by atoms with Crippen molar-refractivity contribution in [2.75, 3.05) is 6.54 Å². The molecular formula is C6H9I2NO. The molecule has 0 N–H and O–H groups in total. The lowest BCUT2D eigenvalue weighted by Gasteiger charge is -2.12. The Balaban J connectivity index is 2.55. The van der Waals surface area contributed by atoms with Gasteiger partial charge in [0.05, 0.1) is 26.8 Å². The van der Waals surface area contributed by atoms with Gasteiger partial charge >= 0.3 is 0 Å². The van der Waals surface area contributed by atoms with Gasteiger partial charge in [-0.05, 0) is 12.8 Å². The van der Waals surface area contributed by atoms with Gasteiger partial charge in [-0.25, -0.2) is 0 Å². The van der Waals surface area contributed by atoms with Crippen molar-refractivity contribution >= 4 is 51.4 Å². The Morgan fingerprint density at radius 3 is 2.90 bits per heavy atom. The number of amides is 1. The maximum absolute atomic E-state index is 11.3. The van der Waals surface area contributed by atoms with Crippen LogP contribution in [0.2, 0.25) is 0 Å². The molecule has 0 bridgehead atoms. The van der Waals surface area contributed by atoms with Crippen molar-refractivity contribution in [1.82, 2.24) is 3.11 Å². The Morgan fingerprint density at radius 2 is 2.20 bits per heavy atom. The highest BCUT2D eigenvalue weighted by molar-refractivity contribution is 14.1. The highest BCUT2D eigenvalue weighted by atomic mass is 127. The summed E-state index contributed by atoms with van der Waals surface area (Å²) >= 11 is 4.33. The molecule has 0 aromatic heterocycles. The first-order chi connectivity index (χ1) is 4.72. The molecule has 1 aliphatic rings. The van der Waals surface area contributed by atoms with Gasteiger partial charge in [-0.15, -0.1) is 0 Å². The molecule has 10 heavy (non-hydrogen) atoms. The largest absolute Gasteiger partial charge is 0.284 e. The van der Waals surface area contributed by atoms with Crippen LogP contribution in [0.25, 0.3) is 0 Å². The number of carbonyl (C=O) groups excluding carboxylic acids is 1. The maximum atomic E-state index is 11.3. The summed E-state index contributed by atoms with van der Waals surface area (Å²) in [6, 6.07) is 0. The third-order valence-corrected chi connectivity index (χ3v) is 3.68. The number of nitrogens with zero attached hydrogens (tertiary/aromatic N) is 1. The summed E-state index contributed by atoms with van der Waals surface area (Å²) < 4.78 is 2.03. The van der Waals surface area contributed by atoms with Gasteiger partial charge in [0, 0.05) is 6.54 Å². The topological polar surface area (TPSA) is 20.3 Å². The van der Waals surface area contributed by atoms with E-state index in [0.717, 1.165) is 19.4 Å². The summed E-state index contributed by atoms with van der Waals surface area (Å²) in [6.07, 6.45) is 3.41. The van der Waals surface area contributed by atoms with E-state index in [-0.39, 0.29) is 3.92 Å². The molecule has 1 heterocycles. The van der Waals surface area contributed by atoms with Crippen LogP contribution in [0.4, 0.5) is 0 Å². The fourth-order valence-electron chi connectivity index (χ4n) is 0.960. The predicted molar refractivity (Wildman–Crippen MR) is 57.4 cm³/mol. The molecule has 1 fully saturated rings. The van der Waals surface area contributed by atoms with Crippen LogP contribution in [0.1, 0.15) is 19.3 Å². The molecule has 4 heteroatoms. The summed E-state index contributed by atoms with van der Waals surface area (Å²) in [4.78, 5) is 11.3. The van der Waals surface area contributed by atoms with E-state index in [4.69, 9.17) is 0 Å². The van der Waals surface area contributed by atoms with Gasteiger partial charge in [0.2, 0.25) is 5.91 Å². The van der Waals surface area contributed by atoms with E-state index >= 15 is 0 Å². The van der Waals surface area contributed by atoms with E-state index in [0.29, 0.717) is 5.91 Å². The minimum absolute atomic E-state index is 0.219. The second-order valence-corrected chi connectivity index (χ2v) is 5.06. The molecule has 0 saturated carbocycles. The van der Waals surface area contributed by atoms with Gasteiger partial charge in [0.1, 0.15) is 0 Å². The number of hydrogen-bond acceptors (Lipinski definition) is 1. The molecule has 0 aromatic rings. The minimum Gasteiger partial charge on any atom is -0.284 e. The van der Waals surface area contributed by atoms with Crippen molar-refractivity contribution in [1.29, 1.82) is 0 Å². The lowest BCUT2D eigenvalue weighted by Crippen LogP contribution is -2.26. The molecule has 1 atom stereocenters. The highest BCUT2D eigenvalue weighted by Gasteiger charge is 2.22. The van der Waals surface area contributed by atoms with E-state index < -0.39 is 0 Å². The van der Waals surface area contributed by atoms with Gasteiger partial charge in [-0.1, -0.05) is 29.0 Å². The van der Waals surface area contributed by atoms with Crippen molar-refractivity contribution in [3.8, 4) is 0 Å². The molecule has 1 amide bonds. The van der Waals surface area contributed by atoms with Crippen LogP contribution in [0, 0.1) is 0 Å². The average Bonchev–Trinajstić information content (AvgIpc) is 2.04. The Hall–Kier alpha value is 0.930. The van der Waals surface area contributed by atoms with Gasteiger partial charge in [-0.3, -0.25) is 7.91 Å². The zero-order chi connectivity index (χ0) is 7.56. The molecule has 58 valence electrons. The van der Waals surface area contributed by atoms with Gasteiger partial charge in [-0.2, -0.15) is 0 Å². The van der Waals surface area contributed by atoms with Crippen LogP contribution < -0.4 is 0 Å². The second-order valence-electron chi connectivity index (χ2n) is 2.39. The van der Waals surface area contributed by atoms with E-state index in [9.17, 15) is 4.79 Å². The first kappa shape index (κ1) is 9.02. The normalized spacial score (nSPS) is 28.4. The molecule has 0 aliphatic carbocycles. The molecule has 0 radical (unpaired) electrons. The van der Waals surface area contributed by atoms with Gasteiger partial charge < -0.3 is 0 Å². The summed E-state index contributed by atoms with van der Waals surface area (Å²) in [5.41, 5.74) is 0. The van der Waals surface area contributed by atoms with Gasteiger partial charge in [0.25, 0.3) is 0 Å². The minimum atomic E-state index is 0.219. The fraction of sp³-hybridized carbons (Fsp3) is 0.833. The van der Waals surface area contributed by atoms with Crippen LogP contribution in [0.3, 0.4) is 0 Å². The highest BCUT2D eigenvalue weighted by Crippen LogP contribution is 2.20. The Bertz CT molecular complexity index is 126. The maximum Gasteiger partial charge on any atom is 0.244 e. The second kappa shape index (κ2) is 4.08. The number of hydrogen-bond donors (Lipinski definition) is 0. The Kier molecular flexibility index (Phi) is 3.68. The summed E-state index contributed by atoms with van der Waals surface area (Å²) in [5, 5.41) is 0. The number of rotatable bonds is 0. The molecule has 1 unspecified atom stereocenters. The van der Waals surface area contributed by atoms with Crippen LogP contribution in [-0.4, -0.2) is 19.5 Å². The number of alkyl halides is 1. The van der Waals surface area contributed by atoms with Crippen molar-refractivity contribution in [2.45, 2.75) is 23.2 Å². The Morgan fingerprint density at radius 1 is 1.50 bits per heavy atom. The lowest BCUT2D eigenvalue weighted by atomic mass is 10.2. The van der Waals surface area contributed by atoms with E-state index in [1.54, 1.807) is 0 Å². The average molecular weight is 365 g/mol. The number of halogens is 2. The first-order valence-electron chi connectivity index (χ1n) is 3.33. The zero-order valence-corrected chi connectivity index (χ0v) is 9.83. The molecule has 1 aliphatic heterocycles. The SMILES string of the molecule is O=C1C(I)CCCCN1I. The van der Waals surface area contributed by atoms with Crippen LogP contribution in [0.5, 0.6) is 0 Å². The van der Waals surface area contributed by atoms with E-state index in [2.05, 4.69) is 45.5 Å². The zero-order valence-electron chi connectivity index (χ0n) is 5.52. The smallest absolute Gasteiger partial charge is 0.244 e. The fourth-order valence-corrected chi connectivity index (χ4v) is 2.95. The lowest BCUT2D eigenvalue weighted by molar-refractivity contribution is -0.123. The molecule has 0 aromatic carbocycles. The predicted octanol–water partition coefficient (Wildman–Crippen LogP) is 2.15.